The molecule has 34 heavy (non-hydrogen) atoms. The number of carbonyl (C=O) groups is 1. The Balaban J connectivity index is 1.26. The van der Waals surface area contributed by atoms with Gasteiger partial charge in [0.1, 0.15) is 5.82 Å². The number of halogens is 1. The zero-order valence-corrected chi connectivity index (χ0v) is 19.2. The molecule has 0 aliphatic carbocycles. The molecule has 3 aromatic carbocycles. The van der Waals surface area contributed by atoms with E-state index in [2.05, 4.69) is 39.2 Å². The van der Waals surface area contributed by atoms with E-state index in [1.54, 1.807) is 23.2 Å². The summed E-state index contributed by atoms with van der Waals surface area (Å²) in [5, 5.41) is 6.21. The van der Waals surface area contributed by atoms with Gasteiger partial charge in [-0.1, -0.05) is 78.9 Å². The second kappa shape index (κ2) is 10.3. The monoisotopic (exact) mass is 456 g/mol. The number of piperazine rings is 1. The molecule has 5 rings (SSSR count). The number of benzene rings is 3. The van der Waals surface area contributed by atoms with Crippen LogP contribution in [0, 0.1) is 5.82 Å². The van der Waals surface area contributed by atoms with E-state index < -0.39 is 0 Å². The van der Waals surface area contributed by atoms with Crippen LogP contribution in [0.15, 0.2) is 90.0 Å². The Morgan fingerprint density at radius 2 is 1.44 bits per heavy atom. The van der Waals surface area contributed by atoms with Gasteiger partial charge in [0, 0.05) is 44.7 Å². The molecule has 0 radical (unpaired) electrons. The van der Waals surface area contributed by atoms with Gasteiger partial charge in [-0.15, -0.1) is 0 Å². The molecule has 0 aromatic heterocycles. The minimum Gasteiger partial charge on any atom is -0.297 e. The third kappa shape index (κ3) is 5.08. The van der Waals surface area contributed by atoms with Gasteiger partial charge in [0.2, 0.25) is 0 Å². The summed E-state index contributed by atoms with van der Waals surface area (Å²) in [5.74, 6) is -0.353. The Bertz CT molecular complexity index is 1140. The van der Waals surface area contributed by atoms with Crippen LogP contribution in [0.3, 0.4) is 0 Å². The minimum absolute atomic E-state index is 0.0447. The van der Waals surface area contributed by atoms with E-state index in [-0.39, 0.29) is 17.8 Å². The smallest absolute Gasteiger partial charge is 0.257 e. The molecule has 174 valence electrons. The standard InChI is InChI=1S/C28H29FN4O/c29-25-14-8-7-13-24(25)26-19-27(23-11-5-2-6-12-23)33(30-26)28(34)21-32-17-15-31(16-18-32)20-22-9-3-1-4-10-22/h1-14,27H,15-21H2. The van der Waals surface area contributed by atoms with Crippen LogP contribution >= 0.6 is 0 Å². The van der Waals surface area contributed by atoms with E-state index in [4.69, 9.17) is 0 Å². The van der Waals surface area contributed by atoms with Crippen LogP contribution in [0.4, 0.5) is 4.39 Å². The van der Waals surface area contributed by atoms with Crippen LogP contribution in [0.1, 0.15) is 29.2 Å². The topological polar surface area (TPSA) is 39.2 Å². The van der Waals surface area contributed by atoms with Crippen LogP contribution in [-0.4, -0.2) is 59.2 Å². The quantitative estimate of drug-likeness (QED) is 0.555. The lowest BCUT2D eigenvalue weighted by molar-refractivity contribution is -0.134. The highest BCUT2D eigenvalue weighted by molar-refractivity contribution is 6.03. The van der Waals surface area contributed by atoms with Crippen molar-refractivity contribution in [1.82, 2.24) is 14.8 Å². The lowest BCUT2D eigenvalue weighted by Gasteiger charge is -2.35. The van der Waals surface area contributed by atoms with Crippen molar-refractivity contribution < 1.29 is 9.18 Å². The highest BCUT2D eigenvalue weighted by Crippen LogP contribution is 2.33. The molecule has 1 amide bonds. The first kappa shape index (κ1) is 22.4. The van der Waals surface area contributed by atoms with Gasteiger partial charge in [0.15, 0.2) is 0 Å². The summed E-state index contributed by atoms with van der Waals surface area (Å²) in [7, 11) is 0. The maximum absolute atomic E-state index is 14.5. The molecule has 1 atom stereocenters. The predicted molar refractivity (Wildman–Crippen MR) is 132 cm³/mol. The van der Waals surface area contributed by atoms with E-state index in [0.29, 0.717) is 24.2 Å². The van der Waals surface area contributed by atoms with Gasteiger partial charge < -0.3 is 0 Å². The largest absolute Gasteiger partial charge is 0.297 e. The SMILES string of the molecule is O=C(CN1CCN(Cc2ccccc2)CC1)N1N=C(c2ccccc2F)CC1c1ccccc1. The first-order valence-corrected chi connectivity index (χ1v) is 11.9. The van der Waals surface area contributed by atoms with E-state index in [9.17, 15) is 9.18 Å². The zero-order chi connectivity index (χ0) is 23.3. The summed E-state index contributed by atoms with van der Waals surface area (Å²) < 4.78 is 14.5. The Morgan fingerprint density at radius 3 is 2.15 bits per heavy atom. The third-order valence-electron chi connectivity index (χ3n) is 6.61. The highest BCUT2D eigenvalue weighted by atomic mass is 19.1. The summed E-state index contributed by atoms with van der Waals surface area (Å²) >= 11 is 0. The van der Waals surface area contributed by atoms with Crippen LogP contribution < -0.4 is 0 Å². The average molecular weight is 457 g/mol. The summed E-state index contributed by atoms with van der Waals surface area (Å²) in [5.41, 5.74) is 3.41. The summed E-state index contributed by atoms with van der Waals surface area (Å²) in [6.45, 7) is 4.78. The number of nitrogens with zero attached hydrogens (tertiary/aromatic N) is 4. The van der Waals surface area contributed by atoms with Gasteiger partial charge >= 0.3 is 0 Å². The molecule has 6 heteroatoms. The minimum atomic E-state index is -0.308. The molecular formula is C28H29FN4O. The first-order valence-electron chi connectivity index (χ1n) is 11.9. The molecule has 0 spiro atoms. The molecule has 1 fully saturated rings. The second-order valence-corrected chi connectivity index (χ2v) is 8.93. The van der Waals surface area contributed by atoms with Crippen molar-refractivity contribution in [2.75, 3.05) is 32.7 Å². The van der Waals surface area contributed by atoms with Gasteiger partial charge in [0.05, 0.1) is 18.3 Å². The van der Waals surface area contributed by atoms with Crippen LogP contribution in [-0.2, 0) is 11.3 Å². The first-order chi connectivity index (χ1) is 16.7. The number of hydrogen-bond acceptors (Lipinski definition) is 4. The summed E-state index contributed by atoms with van der Waals surface area (Å²) in [6.07, 6.45) is 0.502. The molecule has 5 nitrogen and oxygen atoms in total. The normalized spacial score (nSPS) is 19.3. The van der Waals surface area contributed by atoms with Crippen molar-refractivity contribution in [3.8, 4) is 0 Å². The van der Waals surface area contributed by atoms with Gasteiger partial charge in [-0.2, -0.15) is 5.10 Å². The van der Waals surface area contributed by atoms with E-state index >= 15 is 0 Å². The van der Waals surface area contributed by atoms with Gasteiger partial charge in [-0.25, -0.2) is 9.40 Å². The number of hydrogen-bond donors (Lipinski definition) is 0. The highest BCUT2D eigenvalue weighted by Gasteiger charge is 2.34. The van der Waals surface area contributed by atoms with Crippen molar-refractivity contribution in [2.45, 2.75) is 19.0 Å². The Morgan fingerprint density at radius 1 is 0.824 bits per heavy atom. The van der Waals surface area contributed by atoms with E-state index in [0.717, 1.165) is 38.3 Å². The number of hydrazone groups is 1. The van der Waals surface area contributed by atoms with Gasteiger partial charge in [0.25, 0.3) is 5.91 Å². The summed E-state index contributed by atoms with van der Waals surface area (Å²) in [4.78, 5) is 18.0. The Kier molecular flexibility index (Phi) is 6.79. The van der Waals surface area contributed by atoms with E-state index in [1.807, 2.05) is 36.4 Å². The van der Waals surface area contributed by atoms with Gasteiger partial charge in [-0.3, -0.25) is 14.6 Å². The predicted octanol–water partition coefficient (Wildman–Crippen LogP) is 4.32. The molecule has 0 bridgehead atoms. The van der Waals surface area contributed by atoms with E-state index in [1.165, 1.54) is 11.6 Å². The average Bonchev–Trinajstić information content (AvgIpc) is 3.32. The molecule has 2 heterocycles. The maximum Gasteiger partial charge on any atom is 0.257 e. The molecule has 0 N–H and O–H groups in total. The number of carbonyl (C=O) groups excluding carboxylic acids is 1. The Hall–Kier alpha value is -3.35. The maximum atomic E-state index is 14.5. The molecule has 2 aliphatic rings. The van der Waals surface area contributed by atoms with Crippen molar-refractivity contribution in [2.24, 2.45) is 5.10 Å². The van der Waals surface area contributed by atoms with Crippen molar-refractivity contribution >= 4 is 11.6 Å². The number of rotatable bonds is 6. The molecule has 2 aliphatic heterocycles. The van der Waals surface area contributed by atoms with Crippen LogP contribution in [0.25, 0.3) is 0 Å². The summed E-state index contributed by atoms with van der Waals surface area (Å²) in [6, 6.07) is 26.8. The van der Waals surface area contributed by atoms with Crippen LogP contribution in [0.2, 0.25) is 0 Å². The number of amides is 1. The fraction of sp³-hybridized carbons (Fsp3) is 0.286. The fourth-order valence-corrected chi connectivity index (χ4v) is 4.74. The second-order valence-electron chi connectivity index (χ2n) is 8.93. The van der Waals surface area contributed by atoms with Gasteiger partial charge in [-0.05, 0) is 17.2 Å². The van der Waals surface area contributed by atoms with Crippen molar-refractivity contribution in [1.29, 1.82) is 0 Å². The molecule has 1 unspecified atom stereocenters. The Labute approximate surface area is 200 Å². The third-order valence-corrected chi connectivity index (χ3v) is 6.61. The molecule has 1 saturated heterocycles. The van der Waals surface area contributed by atoms with Crippen molar-refractivity contribution in [3.05, 3.63) is 107 Å². The molecular weight excluding hydrogens is 427 g/mol. The molecule has 3 aromatic rings. The van der Waals surface area contributed by atoms with Crippen molar-refractivity contribution in [3.63, 3.8) is 0 Å². The lowest BCUT2D eigenvalue weighted by atomic mass is 9.98. The van der Waals surface area contributed by atoms with Crippen LogP contribution in [0.5, 0.6) is 0 Å². The lowest BCUT2D eigenvalue weighted by Crippen LogP contribution is -2.49. The fourth-order valence-electron chi connectivity index (χ4n) is 4.74. The zero-order valence-electron chi connectivity index (χ0n) is 19.2. The molecule has 0 saturated carbocycles.